The van der Waals surface area contributed by atoms with E-state index in [1.807, 2.05) is 19.3 Å². The number of hydrogen-bond donors (Lipinski definition) is 1. The molecule has 22 heavy (non-hydrogen) atoms. The second-order valence-electron chi connectivity index (χ2n) is 4.89. The van der Waals surface area contributed by atoms with E-state index in [1.54, 1.807) is 4.68 Å². The molecule has 3 rings (SSSR count). The van der Waals surface area contributed by atoms with Gasteiger partial charge in [0.2, 0.25) is 0 Å². The van der Waals surface area contributed by atoms with Gasteiger partial charge in [-0.25, -0.2) is 4.39 Å². The molecule has 2 aromatic carbocycles. The van der Waals surface area contributed by atoms with Crippen molar-refractivity contribution in [2.24, 2.45) is 7.05 Å². The second-order valence-corrected chi connectivity index (χ2v) is 6.94. The lowest BCUT2D eigenvalue weighted by atomic mass is 10.00. The summed E-state index contributed by atoms with van der Waals surface area (Å²) in [6.45, 7) is 0. The van der Waals surface area contributed by atoms with Gasteiger partial charge in [0.15, 0.2) is 0 Å². The predicted molar refractivity (Wildman–Crippen MR) is 91.6 cm³/mol. The summed E-state index contributed by atoms with van der Waals surface area (Å²) >= 11 is 13.0. The Bertz CT molecular complexity index is 882. The van der Waals surface area contributed by atoms with Crippen molar-refractivity contribution in [1.29, 1.82) is 0 Å². The van der Waals surface area contributed by atoms with E-state index >= 15 is 0 Å². The minimum absolute atomic E-state index is 0.305. The zero-order valence-corrected chi connectivity index (χ0v) is 15.2. The number of benzene rings is 2. The maximum Gasteiger partial charge on any atom is 0.123 e. The Morgan fingerprint density at radius 3 is 2.77 bits per heavy atom. The Hall–Kier alpha value is -0.950. The largest absolute Gasteiger partial charge is 0.384 e. The molecule has 7 heteroatoms. The molecule has 1 unspecified atom stereocenters. The van der Waals surface area contributed by atoms with Gasteiger partial charge in [-0.3, -0.25) is 4.68 Å². The smallest absolute Gasteiger partial charge is 0.123 e. The van der Waals surface area contributed by atoms with Gasteiger partial charge >= 0.3 is 0 Å². The number of aliphatic hydroxyl groups is 1. The van der Waals surface area contributed by atoms with E-state index < -0.39 is 11.9 Å². The minimum atomic E-state index is -1.07. The normalized spacial score (nSPS) is 12.8. The first-order valence-electron chi connectivity index (χ1n) is 6.32. The van der Waals surface area contributed by atoms with Gasteiger partial charge in [-0.05, 0) is 40.2 Å². The van der Waals surface area contributed by atoms with E-state index in [0.717, 1.165) is 10.9 Å². The van der Waals surface area contributed by atoms with Crippen LogP contribution in [0.5, 0.6) is 0 Å². The summed E-state index contributed by atoms with van der Waals surface area (Å²) in [5.41, 5.74) is 1.67. The van der Waals surface area contributed by atoms with Gasteiger partial charge in [0.1, 0.15) is 11.9 Å². The van der Waals surface area contributed by atoms with Crippen LogP contribution >= 0.6 is 43.5 Å². The van der Waals surface area contributed by atoms with Crippen molar-refractivity contribution in [2.75, 3.05) is 0 Å². The first kappa shape index (κ1) is 15.9. The van der Waals surface area contributed by atoms with Gasteiger partial charge in [0.05, 0.1) is 5.52 Å². The van der Waals surface area contributed by atoms with E-state index in [0.29, 0.717) is 25.1 Å². The van der Waals surface area contributed by atoms with Crippen molar-refractivity contribution in [3.63, 3.8) is 0 Å². The van der Waals surface area contributed by atoms with Crippen LogP contribution in [0.15, 0.2) is 39.4 Å². The fraction of sp³-hybridized carbons (Fsp3) is 0.133. The monoisotopic (exact) mass is 446 g/mol. The van der Waals surface area contributed by atoms with E-state index in [4.69, 9.17) is 11.6 Å². The summed E-state index contributed by atoms with van der Waals surface area (Å²) < 4.78 is 16.5. The van der Waals surface area contributed by atoms with Gasteiger partial charge in [0.25, 0.3) is 0 Å². The van der Waals surface area contributed by atoms with Gasteiger partial charge in [-0.1, -0.05) is 27.5 Å². The average Bonchev–Trinajstić information content (AvgIpc) is 2.82. The van der Waals surface area contributed by atoms with Crippen molar-refractivity contribution in [2.45, 2.75) is 6.10 Å². The molecule has 0 aliphatic rings. The number of nitrogens with zero attached hydrogens (tertiary/aromatic N) is 2. The van der Waals surface area contributed by atoms with Crippen LogP contribution in [0.3, 0.4) is 0 Å². The minimum Gasteiger partial charge on any atom is -0.384 e. The molecule has 0 aliphatic carbocycles. The highest BCUT2D eigenvalue weighted by Gasteiger charge is 2.22. The number of rotatable bonds is 2. The molecular formula is C15H10Br2ClFN2O. The van der Waals surface area contributed by atoms with Crippen LogP contribution in [-0.4, -0.2) is 14.9 Å². The lowest BCUT2D eigenvalue weighted by Crippen LogP contribution is -2.03. The number of fused-ring (bicyclic) bond motifs is 1. The van der Waals surface area contributed by atoms with E-state index in [-0.39, 0.29) is 0 Å². The van der Waals surface area contributed by atoms with Crippen LogP contribution in [0.2, 0.25) is 5.02 Å². The first-order valence-corrected chi connectivity index (χ1v) is 8.29. The summed E-state index contributed by atoms with van der Waals surface area (Å²) in [5, 5.41) is 16.2. The maximum absolute atomic E-state index is 13.5. The SMILES string of the molecule is Cn1cc2c(Br)c(C(O)c3cc(F)ccc3Cl)c(Br)cc2n1. The predicted octanol–water partition coefficient (Wildman–Crippen LogP) is 4.97. The number of hydrogen-bond acceptors (Lipinski definition) is 2. The lowest BCUT2D eigenvalue weighted by Gasteiger charge is -2.17. The van der Waals surface area contributed by atoms with Crippen molar-refractivity contribution >= 4 is 54.4 Å². The molecule has 1 heterocycles. The molecule has 3 aromatic rings. The molecule has 3 nitrogen and oxygen atoms in total. The van der Waals surface area contributed by atoms with Crippen LogP contribution in [0.25, 0.3) is 10.9 Å². The standard InChI is InChI=1S/C15H10Br2ClFN2O/c1-21-6-9-12(20-21)5-10(16)13(14(9)17)15(22)8-4-7(19)2-3-11(8)18/h2-6,15,22H,1H3. The first-order chi connectivity index (χ1) is 10.4. The van der Waals surface area contributed by atoms with Crippen molar-refractivity contribution in [3.05, 3.63) is 61.4 Å². The summed E-state index contributed by atoms with van der Waals surface area (Å²) in [6.07, 6.45) is 0.770. The Morgan fingerprint density at radius 1 is 1.32 bits per heavy atom. The average molecular weight is 449 g/mol. The van der Waals surface area contributed by atoms with Gasteiger partial charge < -0.3 is 5.11 Å². The quantitative estimate of drug-likeness (QED) is 0.601. The van der Waals surface area contributed by atoms with Crippen molar-refractivity contribution in [3.8, 4) is 0 Å². The van der Waals surface area contributed by atoms with Crippen molar-refractivity contribution in [1.82, 2.24) is 9.78 Å². The summed E-state index contributed by atoms with van der Waals surface area (Å²) in [4.78, 5) is 0. The van der Waals surface area contributed by atoms with Crippen molar-refractivity contribution < 1.29 is 9.50 Å². The molecule has 0 bridgehead atoms. The van der Waals surface area contributed by atoms with Crippen LogP contribution in [0, 0.1) is 5.82 Å². The van der Waals surface area contributed by atoms with E-state index in [1.165, 1.54) is 18.2 Å². The third-order valence-corrected chi connectivity index (χ3v) is 5.23. The summed E-state index contributed by atoms with van der Waals surface area (Å²) in [5.74, 6) is -0.451. The highest BCUT2D eigenvalue weighted by Crippen LogP contribution is 2.40. The molecule has 0 amide bonds. The molecule has 0 fully saturated rings. The topological polar surface area (TPSA) is 38.0 Å². The zero-order chi connectivity index (χ0) is 16.0. The van der Waals surface area contributed by atoms with Crippen LogP contribution in [-0.2, 0) is 7.05 Å². The molecular weight excluding hydrogens is 438 g/mol. The summed E-state index contributed by atoms with van der Waals surface area (Å²) in [6, 6.07) is 5.73. The third kappa shape index (κ3) is 2.69. The Labute approximate surface area is 148 Å². The fourth-order valence-corrected chi connectivity index (χ4v) is 4.21. The lowest BCUT2D eigenvalue weighted by molar-refractivity contribution is 0.218. The van der Waals surface area contributed by atoms with Crippen LogP contribution in [0.4, 0.5) is 4.39 Å². The Kier molecular flexibility index (Phi) is 4.29. The Morgan fingerprint density at radius 2 is 2.05 bits per heavy atom. The second kappa shape index (κ2) is 5.92. The molecule has 0 radical (unpaired) electrons. The fourth-order valence-electron chi connectivity index (χ4n) is 2.36. The van der Waals surface area contributed by atoms with Crippen LogP contribution in [0.1, 0.15) is 17.2 Å². The molecule has 0 saturated carbocycles. The summed E-state index contributed by atoms with van der Waals surface area (Å²) in [7, 11) is 1.82. The molecule has 1 N–H and O–H groups in total. The van der Waals surface area contributed by atoms with E-state index in [2.05, 4.69) is 37.0 Å². The molecule has 1 atom stereocenters. The number of aryl methyl sites for hydroxylation is 1. The molecule has 0 saturated heterocycles. The van der Waals surface area contributed by atoms with Crippen LogP contribution < -0.4 is 0 Å². The molecule has 114 valence electrons. The highest BCUT2D eigenvalue weighted by molar-refractivity contribution is 9.11. The van der Waals surface area contributed by atoms with E-state index in [9.17, 15) is 9.50 Å². The zero-order valence-electron chi connectivity index (χ0n) is 11.3. The third-order valence-electron chi connectivity index (χ3n) is 3.38. The number of aliphatic hydroxyl groups excluding tert-OH is 1. The maximum atomic E-state index is 13.5. The number of aromatic nitrogens is 2. The molecule has 0 spiro atoms. The molecule has 0 aliphatic heterocycles. The van der Waals surface area contributed by atoms with Gasteiger partial charge in [-0.15, -0.1) is 0 Å². The molecule has 1 aromatic heterocycles. The Balaban J connectivity index is 2.22. The highest BCUT2D eigenvalue weighted by atomic mass is 79.9. The van der Waals surface area contributed by atoms with Gasteiger partial charge in [0, 0.05) is 43.7 Å². The van der Waals surface area contributed by atoms with Gasteiger partial charge in [-0.2, -0.15) is 5.10 Å². The number of halogens is 4.